The second kappa shape index (κ2) is 10.8. The fraction of sp³-hybridized carbons (Fsp3) is 0.130. The zero-order valence-electron chi connectivity index (χ0n) is 18.5. The van der Waals surface area contributed by atoms with E-state index in [-0.39, 0.29) is 33.8 Å². The predicted octanol–water partition coefficient (Wildman–Crippen LogP) is 4.43. The van der Waals surface area contributed by atoms with Crippen LogP contribution >= 0.6 is 11.3 Å². The van der Waals surface area contributed by atoms with Crippen LogP contribution in [0.15, 0.2) is 54.9 Å². The number of amides is 1. The summed E-state index contributed by atoms with van der Waals surface area (Å²) in [5.41, 5.74) is 1.87. The summed E-state index contributed by atoms with van der Waals surface area (Å²) in [4.78, 5) is 32.1. The number of aryl methyl sites for hydroxylation is 1. The van der Waals surface area contributed by atoms with Crippen LogP contribution in [0.25, 0.3) is 11.1 Å². The number of pyridine rings is 2. The minimum Gasteiger partial charge on any atom is -0.478 e. The van der Waals surface area contributed by atoms with Crippen LogP contribution in [0.5, 0.6) is 10.9 Å². The normalized spacial score (nSPS) is 10.8. The van der Waals surface area contributed by atoms with Gasteiger partial charge in [0.15, 0.2) is 0 Å². The number of anilines is 1. The summed E-state index contributed by atoms with van der Waals surface area (Å²) in [5, 5.41) is 19.5. The van der Waals surface area contributed by atoms with Crippen molar-refractivity contribution in [3.63, 3.8) is 0 Å². The van der Waals surface area contributed by atoms with Gasteiger partial charge in [0, 0.05) is 29.2 Å². The van der Waals surface area contributed by atoms with E-state index in [0.717, 1.165) is 11.3 Å². The molecule has 2 N–H and O–H groups in total. The molecule has 0 aliphatic heterocycles. The highest BCUT2D eigenvalue weighted by molar-refractivity contribution is 7.17. The lowest BCUT2D eigenvalue weighted by Gasteiger charge is -2.14. The van der Waals surface area contributed by atoms with E-state index in [1.54, 1.807) is 31.2 Å². The first kappa shape index (κ1) is 24.6. The number of hydrogen-bond acceptors (Lipinski definition) is 9. The van der Waals surface area contributed by atoms with Crippen molar-refractivity contribution in [1.82, 2.24) is 20.2 Å². The number of para-hydroxylation sites is 1. The molecule has 0 saturated carbocycles. The predicted molar refractivity (Wildman–Crippen MR) is 124 cm³/mol. The molecule has 10 nitrogen and oxygen atoms in total. The van der Waals surface area contributed by atoms with Crippen molar-refractivity contribution < 1.29 is 33.0 Å². The van der Waals surface area contributed by atoms with Crippen molar-refractivity contribution in [2.24, 2.45) is 0 Å². The number of carboxylic acids is 1. The zero-order valence-corrected chi connectivity index (χ0v) is 19.3. The van der Waals surface area contributed by atoms with Crippen LogP contribution in [0.1, 0.15) is 32.1 Å². The fourth-order valence-electron chi connectivity index (χ4n) is 3.11. The number of ether oxygens (including phenoxy) is 2. The molecule has 0 fully saturated rings. The van der Waals surface area contributed by atoms with Gasteiger partial charge in [-0.15, -0.1) is 5.10 Å². The number of aromatic nitrogens is 4. The Bertz CT molecular complexity index is 1400. The van der Waals surface area contributed by atoms with Gasteiger partial charge in [0.2, 0.25) is 5.13 Å². The Balaban J connectivity index is 1.49. The van der Waals surface area contributed by atoms with Gasteiger partial charge in [-0.3, -0.25) is 20.1 Å². The van der Waals surface area contributed by atoms with Gasteiger partial charge >= 0.3 is 12.6 Å². The van der Waals surface area contributed by atoms with Crippen molar-refractivity contribution in [3.8, 4) is 22.1 Å². The SMILES string of the molecule is Cc1cc(-c2ccccc2OC(F)F)c(C(=O)Nc2nnc(OCc3ccc(C(=O)O)cn3)s2)cn1. The van der Waals surface area contributed by atoms with Crippen LogP contribution in [0, 0.1) is 6.92 Å². The Morgan fingerprint density at radius 3 is 2.61 bits per heavy atom. The molecule has 13 heteroatoms. The van der Waals surface area contributed by atoms with Crippen molar-refractivity contribution in [3.05, 3.63) is 77.4 Å². The third kappa shape index (κ3) is 5.93. The Kier molecular flexibility index (Phi) is 7.39. The second-order valence-electron chi connectivity index (χ2n) is 7.21. The third-order valence-electron chi connectivity index (χ3n) is 4.72. The van der Waals surface area contributed by atoms with E-state index < -0.39 is 18.5 Å². The molecule has 0 saturated heterocycles. The maximum atomic E-state index is 13.0. The molecule has 3 heterocycles. The van der Waals surface area contributed by atoms with Crippen molar-refractivity contribution >= 4 is 28.3 Å². The van der Waals surface area contributed by atoms with E-state index in [9.17, 15) is 18.4 Å². The molecule has 0 radical (unpaired) electrons. The molecule has 0 aliphatic rings. The Hall–Kier alpha value is -4.52. The van der Waals surface area contributed by atoms with E-state index in [0.29, 0.717) is 22.5 Å². The molecular weight excluding hydrogens is 496 g/mol. The summed E-state index contributed by atoms with van der Waals surface area (Å²) in [7, 11) is 0. The van der Waals surface area contributed by atoms with Crippen LogP contribution in [0.4, 0.5) is 13.9 Å². The molecule has 0 unspecified atom stereocenters. The lowest BCUT2D eigenvalue weighted by atomic mass is 9.99. The molecule has 0 spiro atoms. The number of carbonyl (C=O) groups is 2. The lowest BCUT2D eigenvalue weighted by molar-refractivity contribution is -0.0494. The molecule has 36 heavy (non-hydrogen) atoms. The van der Waals surface area contributed by atoms with Gasteiger partial charge in [0.1, 0.15) is 12.4 Å². The largest absolute Gasteiger partial charge is 0.478 e. The number of carboxylic acid groups (broad SMARTS) is 1. The van der Waals surface area contributed by atoms with Crippen molar-refractivity contribution in [1.29, 1.82) is 0 Å². The number of halogens is 2. The molecule has 0 bridgehead atoms. The molecular formula is C23H17F2N5O5S. The maximum Gasteiger partial charge on any atom is 0.387 e. The van der Waals surface area contributed by atoms with Gasteiger partial charge in [0.05, 0.1) is 16.8 Å². The van der Waals surface area contributed by atoms with Gasteiger partial charge in [-0.25, -0.2) is 4.79 Å². The number of aromatic carboxylic acids is 1. The molecule has 0 aliphatic carbocycles. The average molecular weight is 513 g/mol. The second-order valence-corrected chi connectivity index (χ2v) is 8.15. The molecule has 3 aromatic heterocycles. The minimum atomic E-state index is -3.03. The molecule has 184 valence electrons. The first-order chi connectivity index (χ1) is 17.3. The van der Waals surface area contributed by atoms with E-state index in [1.165, 1.54) is 30.6 Å². The van der Waals surface area contributed by atoms with Crippen LogP contribution < -0.4 is 14.8 Å². The number of hydrogen-bond donors (Lipinski definition) is 2. The number of carbonyl (C=O) groups excluding carboxylic acids is 1. The Labute approximate surface area is 206 Å². The number of nitrogens with zero attached hydrogens (tertiary/aromatic N) is 4. The fourth-order valence-corrected chi connectivity index (χ4v) is 3.70. The minimum absolute atomic E-state index is 0.00936. The molecule has 4 rings (SSSR count). The highest BCUT2D eigenvalue weighted by atomic mass is 32.1. The molecule has 0 atom stereocenters. The summed E-state index contributed by atoms with van der Waals surface area (Å²) >= 11 is 0.957. The highest BCUT2D eigenvalue weighted by Crippen LogP contribution is 2.34. The van der Waals surface area contributed by atoms with E-state index >= 15 is 0 Å². The first-order valence-corrected chi connectivity index (χ1v) is 11.1. The smallest absolute Gasteiger partial charge is 0.387 e. The van der Waals surface area contributed by atoms with Crippen LogP contribution in [-0.4, -0.2) is 43.8 Å². The number of benzene rings is 1. The molecule has 1 aromatic carbocycles. The Morgan fingerprint density at radius 2 is 1.89 bits per heavy atom. The van der Waals surface area contributed by atoms with Gasteiger partial charge in [0.25, 0.3) is 11.1 Å². The summed E-state index contributed by atoms with van der Waals surface area (Å²) in [6.07, 6.45) is 2.55. The summed E-state index contributed by atoms with van der Waals surface area (Å²) in [5.74, 6) is -1.75. The van der Waals surface area contributed by atoms with Crippen LogP contribution in [0.3, 0.4) is 0 Å². The van der Waals surface area contributed by atoms with E-state index in [2.05, 4.69) is 30.2 Å². The van der Waals surface area contributed by atoms with Crippen molar-refractivity contribution in [2.75, 3.05) is 5.32 Å². The van der Waals surface area contributed by atoms with E-state index in [1.807, 2.05) is 0 Å². The van der Waals surface area contributed by atoms with Crippen molar-refractivity contribution in [2.45, 2.75) is 20.1 Å². The standard InChI is InChI=1S/C23H17F2N5O5S/c1-12-8-16(15-4-2-3-5-18(15)35-21(24)25)17(10-26-12)19(31)28-22-29-30-23(36-22)34-11-14-7-6-13(9-27-14)20(32)33/h2-10,21H,11H2,1H3,(H,32,33)(H,28,29,31). The third-order valence-corrected chi connectivity index (χ3v) is 5.47. The number of alkyl halides is 2. The van der Waals surface area contributed by atoms with Gasteiger partial charge in [-0.2, -0.15) is 8.78 Å². The highest BCUT2D eigenvalue weighted by Gasteiger charge is 2.20. The van der Waals surface area contributed by atoms with E-state index in [4.69, 9.17) is 9.84 Å². The van der Waals surface area contributed by atoms with Crippen LogP contribution in [-0.2, 0) is 6.61 Å². The molecule has 1 amide bonds. The van der Waals surface area contributed by atoms with Crippen LogP contribution in [0.2, 0.25) is 0 Å². The number of rotatable bonds is 9. The Morgan fingerprint density at radius 1 is 1.08 bits per heavy atom. The summed E-state index contributed by atoms with van der Waals surface area (Å²) < 4.78 is 35.9. The van der Waals surface area contributed by atoms with Gasteiger partial charge < -0.3 is 14.6 Å². The van der Waals surface area contributed by atoms with Gasteiger partial charge in [-0.1, -0.05) is 23.3 Å². The summed E-state index contributed by atoms with van der Waals surface area (Å²) in [6, 6.07) is 10.7. The lowest BCUT2D eigenvalue weighted by Crippen LogP contribution is -2.14. The average Bonchev–Trinajstić information content (AvgIpc) is 3.30. The first-order valence-electron chi connectivity index (χ1n) is 10.3. The quantitative estimate of drug-likeness (QED) is 0.333. The monoisotopic (exact) mass is 513 g/mol. The topological polar surface area (TPSA) is 136 Å². The maximum absolute atomic E-state index is 13.0. The number of nitrogens with one attached hydrogen (secondary N) is 1. The molecule has 4 aromatic rings. The van der Waals surface area contributed by atoms with Gasteiger partial charge in [-0.05, 0) is 42.5 Å². The summed E-state index contributed by atoms with van der Waals surface area (Å²) in [6.45, 7) is -1.31. The zero-order chi connectivity index (χ0) is 25.7.